The van der Waals surface area contributed by atoms with Gasteiger partial charge in [-0.2, -0.15) is 5.10 Å². The molecular weight excluding hydrogens is 198 g/mol. The van der Waals surface area contributed by atoms with Crippen LogP contribution in [0.4, 0.5) is 0 Å². The number of rotatable bonds is 2. The maximum absolute atomic E-state index is 6.08. The van der Waals surface area contributed by atoms with Gasteiger partial charge in [-0.15, -0.1) is 5.10 Å². The SMILES string of the molecule is Cc1cnn(C)c1C(N)c1cnns1. The first-order chi connectivity index (χ1) is 6.70. The van der Waals surface area contributed by atoms with Gasteiger partial charge in [-0.25, -0.2) is 0 Å². The van der Waals surface area contributed by atoms with Gasteiger partial charge in [0.2, 0.25) is 0 Å². The molecule has 0 spiro atoms. The Morgan fingerprint density at radius 3 is 2.79 bits per heavy atom. The van der Waals surface area contributed by atoms with Crippen LogP contribution in [0.15, 0.2) is 12.4 Å². The Hall–Kier alpha value is -1.27. The zero-order chi connectivity index (χ0) is 10.1. The highest BCUT2D eigenvalue weighted by Crippen LogP contribution is 2.23. The molecule has 74 valence electrons. The summed E-state index contributed by atoms with van der Waals surface area (Å²) in [6.07, 6.45) is 3.51. The van der Waals surface area contributed by atoms with Crippen LogP contribution in [0.25, 0.3) is 0 Å². The van der Waals surface area contributed by atoms with Gasteiger partial charge in [-0.3, -0.25) is 4.68 Å². The lowest BCUT2D eigenvalue weighted by Crippen LogP contribution is -2.15. The molecule has 2 aromatic rings. The fourth-order valence-corrected chi connectivity index (χ4v) is 1.96. The van der Waals surface area contributed by atoms with Crippen LogP contribution in [0.5, 0.6) is 0 Å². The minimum atomic E-state index is -0.178. The van der Waals surface area contributed by atoms with Crippen molar-refractivity contribution in [1.82, 2.24) is 19.4 Å². The van der Waals surface area contributed by atoms with E-state index in [0.717, 1.165) is 16.1 Å². The summed E-state index contributed by atoms with van der Waals surface area (Å²) in [6, 6.07) is -0.178. The summed E-state index contributed by atoms with van der Waals surface area (Å²) in [5.41, 5.74) is 8.18. The fourth-order valence-electron chi connectivity index (χ4n) is 1.45. The molecular formula is C8H11N5S. The summed E-state index contributed by atoms with van der Waals surface area (Å²) in [7, 11) is 1.89. The number of nitrogens with two attached hydrogens (primary N) is 1. The average molecular weight is 209 g/mol. The van der Waals surface area contributed by atoms with E-state index in [0.29, 0.717) is 0 Å². The van der Waals surface area contributed by atoms with Crippen molar-refractivity contribution in [1.29, 1.82) is 0 Å². The molecule has 2 heterocycles. The number of hydrogen-bond acceptors (Lipinski definition) is 5. The topological polar surface area (TPSA) is 69.6 Å². The van der Waals surface area contributed by atoms with E-state index in [1.54, 1.807) is 10.9 Å². The quantitative estimate of drug-likeness (QED) is 0.787. The average Bonchev–Trinajstić information content (AvgIpc) is 2.75. The van der Waals surface area contributed by atoms with Crippen LogP contribution < -0.4 is 5.73 Å². The van der Waals surface area contributed by atoms with E-state index in [1.807, 2.05) is 20.2 Å². The summed E-state index contributed by atoms with van der Waals surface area (Å²) in [6.45, 7) is 2.00. The fraction of sp³-hybridized carbons (Fsp3) is 0.375. The third-order valence-electron chi connectivity index (χ3n) is 2.16. The second-order valence-corrected chi connectivity index (χ2v) is 3.95. The highest BCUT2D eigenvalue weighted by molar-refractivity contribution is 7.05. The van der Waals surface area contributed by atoms with Crippen LogP contribution >= 0.6 is 11.5 Å². The Morgan fingerprint density at radius 2 is 2.29 bits per heavy atom. The molecule has 6 heteroatoms. The maximum Gasteiger partial charge on any atom is 0.0851 e. The van der Waals surface area contributed by atoms with Crippen LogP contribution in [-0.2, 0) is 7.05 Å². The van der Waals surface area contributed by atoms with Gasteiger partial charge in [0.25, 0.3) is 0 Å². The highest BCUT2D eigenvalue weighted by Gasteiger charge is 2.17. The smallest absolute Gasteiger partial charge is 0.0851 e. The van der Waals surface area contributed by atoms with Crippen molar-refractivity contribution in [2.75, 3.05) is 0 Å². The van der Waals surface area contributed by atoms with Crippen molar-refractivity contribution in [3.63, 3.8) is 0 Å². The predicted octanol–water partition coefficient (Wildman–Crippen LogP) is 0.628. The molecule has 2 rings (SSSR count). The van der Waals surface area contributed by atoms with Crippen LogP contribution in [0.1, 0.15) is 22.2 Å². The van der Waals surface area contributed by atoms with E-state index >= 15 is 0 Å². The van der Waals surface area contributed by atoms with Crippen LogP contribution in [0.2, 0.25) is 0 Å². The van der Waals surface area contributed by atoms with Gasteiger partial charge >= 0.3 is 0 Å². The molecule has 0 aliphatic carbocycles. The van der Waals surface area contributed by atoms with E-state index in [1.165, 1.54) is 11.5 Å². The second kappa shape index (κ2) is 3.47. The molecule has 0 saturated carbocycles. The minimum Gasteiger partial charge on any atom is -0.318 e. The van der Waals surface area contributed by atoms with Gasteiger partial charge in [0.05, 0.1) is 29.0 Å². The molecule has 0 radical (unpaired) electrons. The lowest BCUT2D eigenvalue weighted by atomic mass is 10.1. The number of nitrogens with zero attached hydrogens (tertiary/aromatic N) is 4. The molecule has 5 nitrogen and oxygen atoms in total. The number of hydrogen-bond donors (Lipinski definition) is 1. The molecule has 2 N–H and O–H groups in total. The molecule has 0 saturated heterocycles. The second-order valence-electron chi connectivity index (χ2n) is 3.13. The van der Waals surface area contributed by atoms with Gasteiger partial charge in [0, 0.05) is 7.05 Å². The molecule has 2 aromatic heterocycles. The van der Waals surface area contributed by atoms with Crippen molar-refractivity contribution in [2.24, 2.45) is 12.8 Å². The Labute approximate surface area is 85.7 Å². The molecule has 0 amide bonds. The van der Waals surface area contributed by atoms with Gasteiger partial charge in [-0.1, -0.05) is 4.49 Å². The standard InChI is InChI=1S/C8H11N5S/c1-5-3-11-13(2)8(5)7(9)6-4-10-12-14-6/h3-4,7H,9H2,1-2H3. The van der Waals surface area contributed by atoms with E-state index in [2.05, 4.69) is 14.7 Å². The molecule has 14 heavy (non-hydrogen) atoms. The minimum absolute atomic E-state index is 0.178. The maximum atomic E-state index is 6.08. The Balaban J connectivity index is 2.41. The normalized spacial score (nSPS) is 13.1. The third-order valence-corrected chi connectivity index (χ3v) is 2.90. The zero-order valence-corrected chi connectivity index (χ0v) is 8.82. The number of aryl methyl sites for hydroxylation is 2. The van der Waals surface area contributed by atoms with Gasteiger partial charge in [-0.05, 0) is 24.0 Å². The van der Waals surface area contributed by atoms with Crippen LogP contribution in [0, 0.1) is 6.92 Å². The largest absolute Gasteiger partial charge is 0.318 e. The van der Waals surface area contributed by atoms with Crippen molar-refractivity contribution < 1.29 is 0 Å². The molecule has 0 aliphatic heterocycles. The molecule has 0 fully saturated rings. The Morgan fingerprint density at radius 1 is 1.50 bits per heavy atom. The highest BCUT2D eigenvalue weighted by atomic mass is 32.1. The first-order valence-electron chi connectivity index (χ1n) is 4.21. The van der Waals surface area contributed by atoms with Crippen LogP contribution in [0.3, 0.4) is 0 Å². The molecule has 0 bridgehead atoms. The monoisotopic (exact) mass is 209 g/mol. The molecule has 1 atom stereocenters. The van der Waals surface area contributed by atoms with E-state index in [4.69, 9.17) is 5.73 Å². The summed E-state index contributed by atoms with van der Waals surface area (Å²) < 4.78 is 5.59. The third kappa shape index (κ3) is 1.42. The summed E-state index contributed by atoms with van der Waals surface area (Å²) in [4.78, 5) is 0.955. The Kier molecular flexibility index (Phi) is 2.30. The molecule has 0 aromatic carbocycles. The van der Waals surface area contributed by atoms with Crippen LogP contribution in [-0.4, -0.2) is 19.4 Å². The van der Waals surface area contributed by atoms with Crippen molar-refractivity contribution in [3.05, 3.63) is 28.5 Å². The van der Waals surface area contributed by atoms with E-state index < -0.39 is 0 Å². The Bertz CT molecular complexity index is 399. The number of aromatic nitrogens is 4. The van der Waals surface area contributed by atoms with Crippen molar-refractivity contribution in [2.45, 2.75) is 13.0 Å². The first kappa shape index (κ1) is 9.29. The zero-order valence-electron chi connectivity index (χ0n) is 8.01. The van der Waals surface area contributed by atoms with E-state index in [-0.39, 0.29) is 6.04 Å². The summed E-state index contributed by atoms with van der Waals surface area (Å²) in [5, 5.41) is 7.92. The molecule has 1 unspecified atom stereocenters. The van der Waals surface area contributed by atoms with Gasteiger partial charge in [0.1, 0.15) is 0 Å². The van der Waals surface area contributed by atoms with Crippen molar-refractivity contribution in [3.8, 4) is 0 Å². The summed E-state index contributed by atoms with van der Waals surface area (Å²) >= 11 is 1.32. The van der Waals surface area contributed by atoms with Gasteiger partial charge < -0.3 is 5.73 Å². The van der Waals surface area contributed by atoms with Gasteiger partial charge in [0.15, 0.2) is 0 Å². The first-order valence-corrected chi connectivity index (χ1v) is 4.99. The summed E-state index contributed by atoms with van der Waals surface area (Å²) in [5.74, 6) is 0. The van der Waals surface area contributed by atoms with Crippen molar-refractivity contribution >= 4 is 11.5 Å². The lowest BCUT2D eigenvalue weighted by molar-refractivity contribution is 0.675. The molecule has 0 aliphatic rings. The lowest BCUT2D eigenvalue weighted by Gasteiger charge is -2.10. The predicted molar refractivity (Wildman–Crippen MR) is 53.9 cm³/mol. The van der Waals surface area contributed by atoms with E-state index in [9.17, 15) is 0 Å².